The van der Waals surface area contributed by atoms with Gasteiger partial charge < -0.3 is 10.2 Å². The van der Waals surface area contributed by atoms with Gasteiger partial charge in [-0.3, -0.25) is 9.78 Å². The number of rotatable bonds is 5. The van der Waals surface area contributed by atoms with Gasteiger partial charge in [0, 0.05) is 32.5 Å². The van der Waals surface area contributed by atoms with Gasteiger partial charge in [0.15, 0.2) is 0 Å². The van der Waals surface area contributed by atoms with E-state index in [-0.39, 0.29) is 5.91 Å². The van der Waals surface area contributed by atoms with E-state index in [9.17, 15) is 4.79 Å². The minimum atomic E-state index is 0.115. The highest BCUT2D eigenvalue weighted by atomic mass is 16.2. The van der Waals surface area contributed by atoms with Gasteiger partial charge in [-0.2, -0.15) is 0 Å². The predicted molar refractivity (Wildman–Crippen MR) is 64.0 cm³/mol. The normalized spacial score (nSPS) is 10.2. The van der Waals surface area contributed by atoms with Crippen LogP contribution in [0.1, 0.15) is 18.1 Å². The lowest BCUT2D eigenvalue weighted by molar-refractivity contribution is -0.128. The Morgan fingerprint density at radius 2 is 2.31 bits per heavy atom. The Labute approximate surface area is 96.7 Å². The molecule has 1 amide bonds. The molecule has 0 atom stereocenters. The van der Waals surface area contributed by atoms with Gasteiger partial charge in [0.25, 0.3) is 0 Å². The zero-order chi connectivity index (χ0) is 12.0. The van der Waals surface area contributed by atoms with Crippen molar-refractivity contribution in [2.75, 3.05) is 20.1 Å². The molecule has 0 spiro atoms. The number of amides is 1. The maximum atomic E-state index is 11.5. The Kier molecular flexibility index (Phi) is 4.92. The van der Waals surface area contributed by atoms with Crippen molar-refractivity contribution in [1.29, 1.82) is 0 Å². The Morgan fingerprint density at radius 1 is 1.56 bits per heavy atom. The van der Waals surface area contributed by atoms with Crippen LogP contribution in [0.15, 0.2) is 18.5 Å². The lowest BCUT2D eigenvalue weighted by atomic mass is 10.1. The molecule has 1 heterocycles. The summed E-state index contributed by atoms with van der Waals surface area (Å²) in [6.07, 6.45) is 3.60. The number of aromatic nitrogens is 1. The first-order chi connectivity index (χ1) is 7.65. The molecule has 1 rings (SSSR count). The summed E-state index contributed by atoms with van der Waals surface area (Å²) in [5.41, 5.74) is 2.33. The van der Waals surface area contributed by atoms with Crippen LogP contribution in [-0.4, -0.2) is 35.9 Å². The number of aryl methyl sites for hydroxylation is 1. The summed E-state index contributed by atoms with van der Waals surface area (Å²) in [7, 11) is 1.80. The van der Waals surface area contributed by atoms with E-state index in [0.29, 0.717) is 13.1 Å². The van der Waals surface area contributed by atoms with Crippen LogP contribution in [-0.2, 0) is 11.3 Å². The maximum absolute atomic E-state index is 11.5. The van der Waals surface area contributed by atoms with Gasteiger partial charge in [0.2, 0.25) is 5.91 Å². The molecule has 0 aliphatic rings. The summed E-state index contributed by atoms with van der Waals surface area (Å²) in [5, 5.41) is 3.13. The van der Waals surface area contributed by atoms with Crippen molar-refractivity contribution < 1.29 is 4.79 Å². The van der Waals surface area contributed by atoms with Crippen LogP contribution in [0.25, 0.3) is 0 Å². The molecule has 88 valence electrons. The molecular formula is C12H19N3O. The molecule has 0 bridgehead atoms. The average Bonchev–Trinajstić information content (AvgIpc) is 2.30. The first-order valence-electron chi connectivity index (χ1n) is 5.49. The summed E-state index contributed by atoms with van der Waals surface area (Å²) in [6, 6.07) is 1.97. The maximum Gasteiger partial charge on any atom is 0.236 e. The minimum absolute atomic E-state index is 0.115. The largest absolute Gasteiger partial charge is 0.345 e. The molecule has 0 radical (unpaired) electrons. The molecule has 0 aliphatic heterocycles. The van der Waals surface area contributed by atoms with Crippen molar-refractivity contribution >= 4 is 5.91 Å². The first kappa shape index (κ1) is 12.6. The van der Waals surface area contributed by atoms with E-state index in [0.717, 1.165) is 12.1 Å². The second-order valence-electron chi connectivity index (χ2n) is 3.81. The van der Waals surface area contributed by atoms with Gasteiger partial charge >= 0.3 is 0 Å². The fourth-order valence-corrected chi connectivity index (χ4v) is 1.30. The number of carbonyl (C=O) groups is 1. The van der Waals surface area contributed by atoms with E-state index in [4.69, 9.17) is 0 Å². The molecule has 0 saturated carbocycles. The molecule has 0 aromatic carbocycles. The molecule has 16 heavy (non-hydrogen) atoms. The summed E-state index contributed by atoms with van der Waals surface area (Å²) in [4.78, 5) is 17.3. The van der Waals surface area contributed by atoms with Crippen LogP contribution in [0.3, 0.4) is 0 Å². The second kappa shape index (κ2) is 6.23. The van der Waals surface area contributed by atoms with Gasteiger partial charge in [-0.1, -0.05) is 0 Å². The van der Waals surface area contributed by atoms with Crippen molar-refractivity contribution in [1.82, 2.24) is 15.2 Å². The van der Waals surface area contributed by atoms with Crippen molar-refractivity contribution in [3.63, 3.8) is 0 Å². The van der Waals surface area contributed by atoms with Gasteiger partial charge in [0.05, 0.1) is 6.54 Å². The van der Waals surface area contributed by atoms with E-state index >= 15 is 0 Å². The number of carbonyl (C=O) groups excluding carboxylic acids is 1. The lowest BCUT2D eigenvalue weighted by Crippen LogP contribution is -2.35. The fraction of sp³-hybridized carbons (Fsp3) is 0.500. The first-order valence-corrected chi connectivity index (χ1v) is 5.49. The van der Waals surface area contributed by atoms with E-state index < -0.39 is 0 Å². The zero-order valence-corrected chi connectivity index (χ0v) is 10.2. The van der Waals surface area contributed by atoms with Crippen LogP contribution in [0.5, 0.6) is 0 Å². The van der Waals surface area contributed by atoms with E-state index in [1.54, 1.807) is 18.1 Å². The summed E-state index contributed by atoms with van der Waals surface area (Å²) < 4.78 is 0. The van der Waals surface area contributed by atoms with Gasteiger partial charge in [-0.15, -0.1) is 0 Å². The van der Waals surface area contributed by atoms with Gasteiger partial charge in [-0.05, 0) is 31.0 Å². The molecule has 0 aliphatic carbocycles. The molecular weight excluding hydrogens is 202 g/mol. The Bertz CT molecular complexity index is 352. The molecule has 1 aromatic heterocycles. The number of nitrogens with zero attached hydrogens (tertiary/aromatic N) is 2. The number of hydrogen-bond acceptors (Lipinski definition) is 3. The summed E-state index contributed by atoms with van der Waals surface area (Å²) in [6.45, 7) is 5.80. The number of likely N-dealkylation sites (N-methyl/N-ethyl adjacent to an activating group) is 1. The van der Waals surface area contributed by atoms with E-state index in [2.05, 4.69) is 10.3 Å². The highest BCUT2D eigenvalue weighted by molar-refractivity contribution is 5.77. The third kappa shape index (κ3) is 3.62. The van der Waals surface area contributed by atoms with Crippen LogP contribution in [0.2, 0.25) is 0 Å². The van der Waals surface area contributed by atoms with Crippen LogP contribution in [0.4, 0.5) is 0 Å². The zero-order valence-electron chi connectivity index (χ0n) is 10.2. The Hall–Kier alpha value is -1.42. The second-order valence-corrected chi connectivity index (χ2v) is 3.81. The number of nitrogens with one attached hydrogen (secondary N) is 1. The van der Waals surface area contributed by atoms with Crippen molar-refractivity contribution in [3.05, 3.63) is 29.6 Å². The summed E-state index contributed by atoms with van der Waals surface area (Å²) >= 11 is 0. The topological polar surface area (TPSA) is 45.2 Å². The van der Waals surface area contributed by atoms with Crippen LogP contribution < -0.4 is 5.32 Å². The molecule has 1 N–H and O–H groups in total. The highest BCUT2D eigenvalue weighted by Crippen LogP contribution is 2.03. The van der Waals surface area contributed by atoms with Crippen molar-refractivity contribution in [3.8, 4) is 0 Å². The third-order valence-corrected chi connectivity index (χ3v) is 2.64. The van der Waals surface area contributed by atoms with Gasteiger partial charge in [-0.25, -0.2) is 0 Å². The summed E-state index contributed by atoms with van der Waals surface area (Å²) in [5.74, 6) is 0.115. The minimum Gasteiger partial charge on any atom is -0.345 e. The third-order valence-electron chi connectivity index (χ3n) is 2.64. The SMILES string of the molecule is CCN(C)C(=O)CNCc1cnccc1C. The predicted octanol–water partition coefficient (Wildman–Crippen LogP) is 0.958. The van der Waals surface area contributed by atoms with Crippen molar-refractivity contribution in [2.24, 2.45) is 0 Å². The number of hydrogen-bond donors (Lipinski definition) is 1. The van der Waals surface area contributed by atoms with E-state index in [1.807, 2.05) is 26.1 Å². The molecule has 4 nitrogen and oxygen atoms in total. The monoisotopic (exact) mass is 221 g/mol. The fourth-order valence-electron chi connectivity index (χ4n) is 1.30. The van der Waals surface area contributed by atoms with E-state index in [1.165, 1.54) is 5.56 Å². The van der Waals surface area contributed by atoms with Crippen LogP contribution in [0, 0.1) is 6.92 Å². The molecule has 0 fully saturated rings. The Morgan fingerprint density at radius 3 is 2.94 bits per heavy atom. The number of pyridine rings is 1. The average molecular weight is 221 g/mol. The smallest absolute Gasteiger partial charge is 0.236 e. The standard InChI is InChI=1S/C12H19N3O/c1-4-15(3)12(16)9-14-8-11-7-13-6-5-10(11)2/h5-7,14H,4,8-9H2,1-3H3. The quantitative estimate of drug-likeness (QED) is 0.805. The van der Waals surface area contributed by atoms with Crippen molar-refractivity contribution in [2.45, 2.75) is 20.4 Å². The molecule has 0 saturated heterocycles. The van der Waals surface area contributed by atoms with Gasteiger partial charge in [0.1, 0.15) is 0 Å². The molecule has 4 heteroatoms. The highest BCUT2D eigenvalue weighted by Gasteiger charge is 2.05. The lowest BCUT2D eigenvalue weighted by Gasteiger charge is -2.15. The van der Waals surface area contributed by atoms with Crippen LogP contribution >= 0.6 is 0 Å². The Balaban J connectivity index is 2.36. The molecule has 0 unspecified atom stereocenters. The molecule has 1 aromatic rings.